The Morgan fingerprint density at radius 2 is 1.81 bits per heavy atom. The maximum Gasteiger partial charge on any atom is 0.257 e. The zero-order valence-electron chi connectivity index (χ0n) is 18.8. The fraction of sp³-hybridized carbons (Fsp3) is 0.167. The van der Waals surface area contributed by atoms with Crippen LogP contribution in [0.15, 0.2) is 42.7 Å². The number of aryl methyl sites for hydroxylation is 2. The molecule has 5 rings (SSSR count). The van der Waals surface area contributed by atoms with Crippen LogP contribution in [0.1, 0.15) is 17.0 Å². The predicted molar refractivity (Wildman–Crippen MR) is 122 cm³/mol. The lowest BCUT2D eigenvalue weighted by Gasteiger charge is -2.25. The molecule has 2 aromatic carbocycles. The Morgan fingerprint density at radius 1 is 1.03 bits per heavy atom. The van der Waals surface area contributed by atoms with E-state index in [0.29, 0.717) is 11.4 Å². The molecule has 0 aliphatic heterocycles. The molecule has 3 heterocycles. The second-order valence-electron chi connectivity index (χ2n) is 7.93. The molecule has 0 saturated carbocycles. The van der Waals surface area contributed by atoms with Gasteiger partial charge in [-0.25, -0.2) is 22.0 Å². The van der Waals surface area contributed by atoms with Crippen molar-refractivity contribution < 1.29 is 22.0 Å². The van der Waals surface area contributed by atoms with Crippen molar-refractivity contribution in [3.63, 3.8) is 0 Å². The lowest BCUT2D eigenvalue weighted by molar-refractivity contribution is 0.158. The van der Waals surface area contributed by atoms with Gasteiger partial charge in [-0.1, -0.05) is 11.8 Å². The number of benzene rings is 2. The van der Waals surface area contributed by atoms with E-state index in [1.807, 2.05) is 0 Å². The minimum absolute atomic E-state index is 0.0201. The van der Waals surface area contributed by atoms with E-state index in [1.54, 1.807) is 20.2 Å². The SMILES string of the molecule is Cc1nnc2nc(N(CC(F)F)c3cc(F)cc(C#Cc4cnn(C)c4)c3)c3c(F)c(F)ccc3n12. The lowest BCUT2D eigenvalue weighted by Crippen LogP contribution is -2.26. The first-order valence-corrected chi connectivity index (χ1v) is 10.6. The zero-order valence-corrected chi connectivity index (χ0v) is 18.8. The van der Waals surface area contributed by atoms with Gasteiger partial charge in [0.05, 0.1) is 29.2 Å². The standard InChI is InChI=1S/C24H16F5N7/c1-13-32-33-24-31-23(21-19(36(13)24)6-5-18(26)22(21)29)35(12-20(27)28)17-8-14(7-16(25)9-17)3-4-15-10-30-34(2)11-15/h5-11,20H,12H2,1-2H3. The van der Waals surface area contributed by atoms with E-state index in [4.69, 9.17) is 0 Å². The van der Waals surface area contributed by atoms with Crippen LogP contribution < -0.4 is 4.90 Å². The normalized spacial score (nSPS) is 11.3. The summed E-state index contributed by atoms with van der Waals surface area (Å²) < 4.78 is 74.4. The molecule has 0 atom stereocenters. The number of aromatic nitrogens is 6. The second kappa shape index (κ2) is 8.92. The maximum atomic E-state index is 15.1. The summed E-state index contributed by atoms with van der Waals surface area (Å²) in [5, 5.41) is 11.4. The van der Waals surface area contributed by atoms with Crippen LogP contribution in [0.3, 0.4) is 0 Å². The fourth-order valence-corrected chi connectivity index (χ4v) is 3.88. The Labute approximate surface area is 200 Å². The van der Waals surface area contributed by atoms with Crippen LogP contribution in [0.4, 0.5) is 33.5 Å². The second-order valence-corrected chi connectivity index (χ2v) is 7.93. The Bertz CT molecular complexity index is 1680. The number of rotatable bonds is 4. The van der Waals surface area contributed by atoms with Crippen molar-refractivity contribution >= 4 is 28.2 Å². The van der Waals surface area contributed by atoms with E-state index >= 15 is 4.39 Å². The third-order valence-electron chi connectivity index (χ3n) is 5.38. The van der Waals surface area contributed by atoms with E-state index in [0.717, 1.165) is 23.1 Å². The van der Waals surface area contributed by atoms with Crippen LogP contribution in [0.5, 0.6) is 0 Å². The molecule has 12 heteroatoms. The van der Waals surface area contributed by atoms with Crippen LogP contribution in [0.25, 0.3) is 16.7 Å². The average molecular weight is 497 g/mol. The zero-order chi connectivity index (χ0) is 25.6. The van der Waals surface area contributed by atoms with E-state index < -0.39 is 30.4 Å². The molecule has 0 spiro atoms. The Kier molecular flexibility index (Phi) is 5.75. The highest BCUT2D eigenvalue weighted by Crippen LogP contribution is 2.35. The first-order valence-electron chi connectivity index (χ1n) is 10.6. The molecule has 182 valence electrons. The van der Waals surface area contributed by atoms with Gasteiger partial charge in [-0.15, -0.1) is 10.2 Å². The van der Waals surface area contributed by atoms with Gasteiger partial charge in [0, 0.05) is 24.5 Å². The predicted octanol–water partition coefficient (Wildman–Crippen LogP) is 4.54. The van der Waals surface area contributed by atoms with E-state index in [1.165, 1.54) is 27.4 Å². The van der Waals surface area contributed by atoms with Gasteiger partial charge in [-0.2, -0.15) is 10.1 Å². The molecule has 0 aliphatic carbocycles. The molecule has 0 aliphatic rings. The molecule has 7 nitrogen and oxygen atoms in total. The quantitative estimate of drug-likeness (QED) is 0.270. The van der Waals surface area contributed by atoms with Crippen molar-refractivity contribution in [3.8, 4) is 11.8 Å². The van der Waals surface area contributed by atoms with E-state index in [2.05, 4.69) is 32.1 Å². The van der Waals surface area contributed by atoms with Crippen molar-refractivity contribution in [2.45, 2.75) is 13.3 Å². The van der Waals surface area contributed by atoms with Gasteiger partial charge in [0.2, 0.25) is 0 Å². The highest BCUT2D eigenvalue weighted by atomic mass is 19.3. The molecule has 0 N–H and O–H groups in total. The average Bonchev–Trinajstić information content (AvgIpc) is 3.42. The maximum absolute atomic E-state index is 15.1. The summed E-state index contributed by atoms with van der Waals surface area (Å²) >= 11 is 0. The van der Waals surface area contributed by atoms with Gasteiger partial charge < -0.3 is 4.90 Å². The van der Waals surface area contributed by atoms with E-state index in [9.17, 15) is 17.6 Å². The molecule has 5 aromatic rings. The molecule has 0 radical (unpaired) electrons. The number of fused-ring (bicyclic) bond motifs is 3. The van der Waals surface area contributed by atoms with Crippen LogP contribution in [-0.4, -0.2) is 42.3 Å². The first kappa shape index (κ1) is 23.2. The molecular formula is C24H16F5N7. The third-order valence-corrected chi connectivity index (χ3v) is 5.38. The van der Waals surface area contributed by atoms with Gasteiger partial charge in [-0.3, -0.25) is 9.08 Å². The summed E-state index contributed by atoms with van der Waals surface area (Å²) in [4.78, 5) is 5.13. The number of hydrogen-bond donors (Lipinski definition) is 0. The summed E-state index contributed by atoms with van der Waals surface area (Å²) in [6.07, 6.45) is 0.237. The van der Waals surface area contributed by atoms with Crippen LogP contribution in [0.2, 0.25) is 0 Å². The minimum atomic E-state index is -2.93. The van der Waals surface area contributed by atoms with Crippen molar-refractivity contribution in [1.82, 2.24) is 29.4 Å². The Hall–Kier alpha value is -4.53. The van der Waals surface area contributed by atoms with Crippen molar-refractivity contribution in [2.24, 2.45) is 7.05 Å². The Balaban J connectivity index is 1.74. The van der Waals surface area contributed by atoms with Crippen LogP contribution >= 0.6 is 0 Å². The van der Waals surface area contributed by atoms with Crippen LogP contribution in [0, 0.1) is 36.2 Å². The number of anilines is 2. The molecule has 36 heavy (non-hydrogen) atoms. The summed E-state index contributed by atoms with van der Waals surface area (Å²) in [6.45, 7) is 0.596. The highest BCUT2D eigenvalue weighted by molar-refractivity contribution is 5.94. The van der Waals surface area contributed by atoms with Gasteiger partial charge in [0.25, 0.3) is 12.2 Å². The van der Waals surface area contributed by atoms with Crippen molar-refractivity contribution in [1.29, 1.82) is 0 Å². The summed E-state index contributed by atoms with van der Waals surface area (Å²) in [6, 6.07) is 5.66. The van der Waals surface area contributed by atoms with Gasteiger partial charge in [0.1, 0.15) is 17.5 Å². The lowest BCUT2D eigenvalue weighted by atomic mass is 10.1. The summed E-state index contributed by atoms with van der Waals surface area (Å²) in [7, 11) is 1.71. The number of alkyl halides is 2. The molecule has 0 bridgehead atoms. The topological polar surface area (TPSA) is 64.1 Å². The number of hydrogen-bond acceptors (Lipinski definition) is 5. The Morgan fingerprint density at radius 3 is 2.53 bits per heavy atom. The van der Waals surface area contributed by atoms with Crippen LogP contribution in [-0.2, 0) is 7.05 Å². The fourth-order valence-electron chi connectivity index (χ4n) is 3.88. The minimum Gasteiger partial charge on any atom is -0.320 e. The molecule has 0 fully saturated rings. The monoisotopic (exact) mass is 497 g/mol. The summed E-state index contributed by atoms with van der Waals surface area (Å²) in [5.41, 5.74) is 0.765. The molecule has 0 unspecified atom stereocenters. The van der Waals surface area contributed by atoms with Gasteiger partial charge in [-0.05, 0) is 37.3 Å². The van der Waals surface area contributed by atoms with Crippen molar-refractivity contribution in [3.05, 3.63) is 77.1 Å². The number of halogens is 5. The molecule has 0 saturated heterocycles. The van der Waals surface area contributed by atoms with Gasteiger partial charge in [0.15, 0.2) is 11.6 Å². The molecular weight excluding hydrogens is 481 g/mol. The smallest absolute Gasteiger partial charge is 0.257 e. The first-order chi connectivity index (χ1) is 17.2. The highest BCUT2D eigenvalue weighted by Gasteiger charge is 2.25. The van der Waals surface area contributed by atoms with Crippen molar-refractivity contribution in [2.75, 3.05) is 11.4 Å². The summed E-state index contributed by atoms with van der Waals surface area (Å²) in [5.74, 6) is 2.27. The molecule has 3 aromatic heterocycles. The van der Waals surface area contributed by atoms with Gasteiger partial charge >= 0.3 is 0 Å². The van der Waals surface area contributed by atoms with E-state index in [-0.39, 0.29) is 33.7 Å². The largest absolute Gasteiger partial charge is 0.320 e. The molecule has 0 amide bonds. The number of nitrogens with zero attached hydrogens (tertiary/aromatic N) is 7. The third kappa shape index (κ3) is 4.19.